The number of primary sulfonamides is 1. The second kappa shape index (κ2) is 9.13. The van der Waals surface area contributed by atoms with Gasteiger partial charge >= 0.3 is 0 Å². The van der Waals surface area contributed by atoms with Crippen LogP contribution in [0.2, 0.25) is 0 Å². The highest BCUT2D eigenvalue weighted by Crippen LogP contribution is 2.12. The van der Waals surface area contributed by atoms with E-state index in [0.717, 1.165) is 37.6 Å². The minimum atomic E-state index is -3.69. The van der Waals surface area contributed by atoms with Crippen molar-refractivity contribution in [2.45, 2.75) is 17.9 Å². The first-order chi connectivity index (χ1) is 13.4. The maximum absolute atomic E-state index is 12.1. The summed E-state index contributed by atoms with van der Waals surface area (Å²) in [5, 5.41) is 7.94. The molecule has 0 unspecified atom stereocenters. The number of pyridine rings is 1. The van der Waals surface area contributed by atoms with Crippen molar-refractivity contribution in [1.82, 2.24) is 15.2 Å². The van der Waals surface area contributed by atoms with Crippen molar-refractivity contribution in [3.63, 3.8) is 0 Å². The normalized spacial score (nSPS) is 15.4. The number of hydrogen-bond acceptors (Lipinski definition) is 6. The Balaban J connectivity index is 1.37. The lowest BCUT2D eigenvalue weighted by Crippen LogP contribution is -2.47. The highest BCUT2D eigenvalue weighted by molar-refractivity contribution is 7.89. The first-order valence-electron chi connectivity index (χ1n) is 9.18. The Morgan fingerprint density at radius 2 is 1.79 bits per heavy atom. The summed E-state index contributed by atoms with van der Waals surface area (Å²) in [7, 11) is -3.69. The number of nitrogens with one attached hydrogen (secondary N) is 1. The van der Waals surface area contributed by atoms with Gasteiger partial charge < -0.3 is 10.2 Å². The summed E-state index contributed by atoms with van der Waals surface area (Å²) in [5.41, 5.74) is 0.824. The molecule has 1 aliphatic heterocycles. The van der Waals surface area contributed by atoms with Crippen LogP contribution in [0.4, 0.5) is 5.82 Å². The third-order valence-corrected chi connectivity index (χ3v) is 5.67. The summed E-state index contributed by atoms with van der Waals surface area (Å²) in [5.74, 6) is 0.969. The molecule has 0 atom stereocenters. The average Bonchev–Trinajstić information content (AvgIpc) is 2.71. The minimum Gasteiger partial charge on any atom is -0.354 e. The summed E-state index contributed by atoms with van der Waals surface area (Å²) >= 11 is 0. The van der Waals surface area contributed by atoms with E-state index in [0.29, 0.717) is 19.5 Å². The third-order valence-electron chi connectivity index (χ3n) is 4.74. The number of anilines is 1. The third kappa shape index (κ3) is 5.75. The van der Waals surface area contributed by atoms with Crippen LogP contribution < -0.4 is 15.4 Å². The van der Waals surface area contributed by atoms with Gasteiger partial charge in [0.1, 0.15) is 5.82 Å². The van der Waals surface area contributed by atoms with Gasteiger partial charge in [-0.1, -0.05) is 18.2 Å². The molecule has 0 spiro atoms. The van der Waals surface area contributed by atoms with Gasteiger partial charge in [0.15, 0.2) is 0 Å². The number of nitrogens with two attached hydrogens (primary N) is 1. The van der Waals surface area contributed by atoms with Crippen molar-refractivity contribution in [2.75, 3.05) is 37.6 Å². The van der Waals surface area contributed by atoms with Crippen LogP contribution in [-0.4, -0.2) is 56.9 Å². The maximum Gasteiger partial charge on any atom is 0.238 e. The van der Waals surface area contributed by atoms with E-state index in [1.807, 2.05) is 18.2 Å². The van der Waals surface area contributed by atoms with Crippen molar-refractivity contribution < 1.29 is 13.2 Å². The van der Waals surface area contributed by atoms with Crippen LogP contribution in [-0.2, 0) is 21.4 Å². The molecule has 0 saturated carbocycles. The Kier molecular flexibility index (Phi) is 6.61. The lowest BCUT2D eigenvalue weighted by molar-refractivity contribution is -0.121. The predicted octanol–water partition coefficient (Wildman–Crippen LogP) is 0.558. The minimum absolute atomic E-state index is 0.0253. The molecule has 1 fully saturated rings. The topological polar surface area (TPSA) is 109 Å². The number of carbonyl (C=O) groups excluding carboxylic acids is 1. The van der Waals surface area contributed by atoms with E-state index in [2.05, 4.69) is 20.1 Å². The molecule has 1 amide bonds. The Morgan fingerprint density at radius 3 is 2.39 bits per heavy atom. The molecule has 3 N–H and O–H groups in total. The Bertz CT molecular complexity index is 880. The predicted molar refractivity (Wildman–Crippen MR) is 107 cm³/mol. The molecule has 0 bridgehead atoms. The number of nitrogens with zero attached hydrogens (tertiary/aromatic N) is 3. The van der Waals surface area contributed by atoms with Gasteiger partial charge in [-0.15, -0.1) is 0 Å². The van der Waals surface area contributed by atoms with Crippen LogP contribution >= 0.6 is 0 Å². The molecule has 150 valence electrons. The molecule has 1 saturated heterocycles. The van der Waals surface area contributed by atoms with Crippen LogP contribution in [0, 0.1) is 0 Å². The summed E-state index contributed by atoms with van der Waals surface area (Å²) in [4.78, 5) is 21.1. The number of amides is 1. The van der Waals surface area contributed by atoms with E-state index in [1.54, 1.807) is 18.3 Å². The quantitative estimate of drug-likeness (QED) is 0.699. The highest BCUT2D eigenvalue weighted by Gasteiger charge is 2.18. The van der Waals surface area contributed by atoms with Gasteiger partial charge in [-0.05, 0) is 29.8 Å². The largest absolute Gasteiger partial charge is 0.354 e. The van der Waals surface area contributed by atoms with Crippen LogP contribution in [0.1, 0.15) is 12.0 Å². The number of rotatable bonds is 7. The van der Waals surface area contributed by atoms with E-state index < -0.39 is 10.0 Å². The molecule has 9 heteroatoms. The van der Waals surface area contributed by atoms with Gasteiger partial charge in [-0.3, -0.25) is 9.69 Å². The van der Waals surface area contributed by atoms with Gasteiger partial charge in [0.2, 0.25) is 15.9 Å². The van der Waals surface area contributed by atoms with Crippen molar-refractivity contribution in [2.24, 2.45) is 5.14 Å². The summed E-state index contributed by atoms with van der Waals surface area (Å²) in [6.45, 7) is 4.67. The molecule has 3 rings (SSSR count). The summed E-state index contributed by atoms with van der Waals surface area (Å²) in [6.07, 6.45) is 2.23. The summed E-state index contributed by atoms with van der Waals surface area (Å²) < 4.78 is 22.5. The van der Waals surface area contributed by atoms with E-state index in [1.165, 1.54) is 12.1 Å². The maximum atomic E-state index is 12.1. The Labute approximate surface area is 165 Å². The fourth-order valence-corrected chi connectivity index (χ4v) is 3.60. The van der Waals surface area contributed by atoms with Crippen molar-refractivity contribution in [3.8, 4) is 0 Å². The van der Waals surface area contributed by atoms with Crippen molar-refractivity contribution in [1.29, 1.82) is 0 Å². The van der Waals surface area contributed by atoms with E-state index in [-0.39, 0.29) is 10.8 Å². The molecule has 28 heavy (non-hydrogen) atoms. The lowest BCUT2D eigenvalue weighted by atomic mass is 10.2. The van der Waals surface area contributed by atoms with Crippen molar-refractivity contribution >= 4 is 21.7 Å². The van der Waals surface area contributed by atoms with Gasteiger partial charge in [0.25, 0.3) is 0 Å². The zero-order chi connectivity index (χ0) is 20.0. The van der Waals surface area contributed by atoms with Crippen molar-refractivity contribution in [3.05, 3.63) is 54.2 Å². The number of sulfonamides is 1. The lowest BCUT2D eigenvalue weighted by Gasteiger charge is -2.35. The fourth-order valence-electron chi connectivity index (χ4n) is 3.09. The average molecular weight is 404 g/mol. The molecular weight excluding hydrogens is 378 g/mol. The van der Waals surface area contributed by atoms with E-state index >= 15 is 0 Å². The number of hydrogen-bond donors (Lipinski definition) is 2. The molecule has 8 nitrogen and oxygen atoms in total. The number of carbonyl (C=O) groups is 1. The Morgan fingerprint density at radius 1 is 1.07 bits per heavy atom. The molecular formula is C19H25N5O3S. The summed E-state index contributed by atoms with van der Waals surface area (Å²) in [6, 6.07) is 12.1. The standard InChI is InChI=1S/C19H25N5O3S/c20-28(26,27)17-6-4-16(5-7-17)15-22-19(25)8-10-23-11-13-24(14-12-23)18-3-1-2-9-21-18/h1-7,9H,8,10-15H2,(H,22,25)(H2,20,26,27). The second-order valence-corrected chi connectivity index (χ2v) is 8.29. The zero-order valence-corrected chi connectivity index (χ0v) is 16.4. The SMILES string of the molecule is NS(=O)(=O)c1ccc(CNC(=O)CCN2CCN(c3ccccn3)CC2)cc1. The number of aromatic nitrogens is 1. The van der Waals surface area contributed by atoms with Crippen LogP contribution in [0.25, 0.3) is 0 Å². The van der Waals surface area contributed by atoms with Gasteiger partial charge in [-0.25, -0.2) is 18.5 Å². The molecule has 0 radical (unpaired) electrons. The molecule has 1 aromatic heterocycles. The number of piperazine rings is 1. The fraction of sp³-hybridized carbons (Fsp3) is 0.368. The van der Waals surface area contributed by atoms with E-state index in [9.17, 15) is 13.2 Å². The van der Waals surface area contributed by atoms with Gasteiger partial charge in [-0.2, -0.15) is 0 Å². The number of benzene rings is 1. The first-order valence-corrected chi connectivity index (χ1v) is 10.7. The Hall–Kier alpha value is -2.49. The highest BCUT2D eigenvalue weighted by atomic mass is 32.2. The molecule has 2 aromatic rings. The van der Waals surface area contributed by atoms with Crippen LogP contribution in [0.15, 0.2) is 53.6 Å². The molecule has 2 heterocycles. The second-order valence-electron chi connectivity index (χ2n) is 6.73. The molecule has 1 aliphatic rings. The van der Waals surface area contributed by atoms with Crippen LogP contribution in [0.3, 0.4) is 0 Å². The van der Waals surface area contributed by atoms with Gasteiger partial charge in [0, 0.05) is 51.9 Å². The monoisotopic (exact) mass is 403 g/mol. The smallest absolute Gasteiger partial charge is 0.238 e. The van der Waals surface area contributed by atoms with Crippen LogP contribution in [0.5, 0.6) is 0 Å². The zero-order valence-electron chi connectivity index (χ0n) is 15.6. The van der Waals surface area contributed by atoms with Gasteiger partial charge in [0.05, 0.1) is 4.90 Å². The first kappa shape index (κ1) is 20.2. The molecule has 1 aromatic carbocycles. The van der Waals surface area contributed by atoms with E-state index in [4.69, 9.17) is 5.14 Å². The molecule has 0 aliphatic carbocycles.